The molecule has 3 heteroatoms. The van der Waals surface area contributed by atoms with Gasteiger partial charge in [0.25, 0.3) is 0 Å². The van der Waals surface area contributed by atoms with E-state index < -0.39 is 0 Å². The molecule has 0 aromatic heterocycles. The lowest BCUT2D eigenvalue weighted by molar-refractivity contribution is 0.195. The molecule has 1 saturated carbocycles. The van der Waals surface area contributed by atoms with Gasteiger partial charge in [-0.25, -0.2) is 0 Å². The molecule has 1 heterocycles. The van der Waals surface area contributed by atoms with Crippen LogP contribution in [0.3, 0.4) is 0 Å². The van der Waals surface area contributed by atoms with Crippen LogP contribution in [0.25, 0.3) is 0 Å². The van der Waals surface area contributed by atoms with E-state index in [-0.39, 0.29) is 0 Å². The van der Waals surface area contributed by atoms with E-state index >= 15 is 0 Å². The number of hydrogen-bond acceptors (Lipinski definition) is 3. The van der Waals surface area contributed by atoms with E-state index in [9.17, 15) is 0 Å². The van der Waals surface area contributed by atoms with Crippen molar-refractivity contribution in [2.45, 2.75) is 38.3 Å². The van der Waals surface area contributed by atoms with Crippen LogP contribution in [-0.4, -0.2) is 37.2 Å². The third kappa shape index (κ3) is 3.15. The van der Waals surface area contributed by atoms with E-state index in [1.54, 1.807) is 7.11 Å². The highest BCUT2D eigenvalue weighted by Gasteiger charge is 2.42. The van der Waals surface area contributed by atoms with Crippen LogP contribution in [0.4, 0.5) is 0 Å². The van der Waals surface area contributed by atoms with Gasteiger partial charge in [0.15, 0.2) is 0 Å². The van der Waals surface area contributed by atoms with Gasteiger partial charge in [-0.3, -0.25) is 4.90 Å². The highest BCUT2D eigenvalue weighted by atomic mass is 16.5. The van der Waals surface area contributed by atoms with Crippen LogP contribution in [-0.2, 0) is 6.54 Å². The van der Waals surface area contributed by atoms with Crippen LogP contribution in [0.2, 0.25) is 0 Å². The SMILES string of the molecule is COc1cccc(CN2CCCNC(C)(C3CC3)C2)c1. The van der Waals surface area contributed by atoms with Crippen molar-refractivity contribution in [2.75, 3.05) is 26.7 Å². The zero-order valence-electron chi connectivity index (χ0n) is 12.7. The van der Waals surface area contributed by atoms with Gasteiger partial charge in [-0.05, 0) is 62.9 Å². The Morgan fingerprint density at radius 2 is 2.25 bits per heavy atom. The molecule has 1 saturated heterocycles. The monoisotopic (exact) mass is 274 g/mol. The van der Waals surface area contributed by atoms with E-state index in [4.69, 9.17) is 4.74 Å². The minimum atomic E-state index is 0.315. The van der Waals surface area contributed by atoms with Crippen LogP contribution in [0.15, 0.2) is 24.3 Å². The van der Waals surface area contributed by atoms with Gasteiger partial charge < -0.3 is 10.1 Å². The summed E-state index contributed by atoms with van der Waals surface area (Å²) in [6.07, 6.45) is 4.04. The van der Waals surface area contributed by atoms with Gasteiger partial charge in [0, 0.05) is 18.6 Å². The Labute approximate surface area is 122 Å². The number of benzene rings is 1. The largest absolute Gasteiger partial charge is 0.497 e. The van der Waals surface area contributed by atoms with Gasteiger partial charge in [0.2, 0.25) is 0 Å². The second kappa shape index (κ2) is 5.74. The van der Waals surface area contributed by atoms with Gasteiger partial charge in [-0.15, -0.1) is 0 Å². The van der Waals surface area contributed by atoms with E-state index in [1.165, 1.54) is 31.4 Å². The van der Waals surface area contributed by atoms with Gasteiger partial charge in [0.05, 0.1) is 7.11 Å². The van der Waals surface area contributed by atoms with Gasteiger partial charge in [-0.1, -0.05) is 12.1 Å². The van der Waals surface area contributed by atoms with Gasteiger partial charge in [-0.2, -0.15) is 0 Å². The molecule has 1 N–H and O–H groups in total. The van der Waals surface area contributed by atoms with Crippen molar-refractivity contribution >= 4 is 0 Å². The molecule has 1 atom stereocenters. The number of rotatable bonds is 4. The Balaban J connectivity index is 1.68. The summed E-state index contributed by atoms with van der Waals surface area (Å²) in [5, 5.41) is 3.79. The maximum atomic E-state index is 5.33. The summed E-state index contributed by atoms with van der Waals surface area (Å²) < 4.78 is 5.33. The first-order valence-corrected chi connectivity index (χ1v) is 7.80. The van der Waals surface area contributed by atoms with E-state index in [0.717, 1.165) is 31.3 Å². The lowest BCUT2D eigenvalue weighted by Crippen LogP contribution is -2.50. The molecule has 1 unspecified atom stereocenters. The molecule has 3 nitrogen and oxygen atoms in total. The van der Waals surface area contributed by atoms with Crippen molar-refractivity contribution in [2.24, 2.45) is 5.92 Å². The molecule has 0 amide bonds. The highest BCUT2D eigenvalue weighted by Crippen LogP contribution is 2.40. The molecule has 1 aliphatic carbocycles. The summed E-state index contributed by atoms with van der Waals surface area (Å²) in [6.45, 7) is 6.94. The number of nitrogens with one attached hydrogen (secondary N) is 1. The summed E-state index contributed by atoms with van der Waals surface area (Å²) in [5.74, 6) is 1.84. The maximum Gasteiger partial charge on any atom is 0.119 e. The fourth-order valence-corrected chi connectivity index (χ4v) is 3.43. The molecular weight excluding hydrogens is 248 g/mol. The van der Waals surface area contributed by atoms with E-state index in [2.05, 4.69) is 35.3 Å². The second-order valence-corrected chi connectivity index (χ2v) is 6.53. The Kier molecular flexibility index (Phi) is 3.99. The number of hydrogen-bond donors (Lipinski definition) is 1. The Morgan fingerprint density at radius 3 is 3.00 bits per heavy atom. The van der Waals surface area contributed by atoms with Crippen molar-refractivity contribution < 1.29 is 4.74 Å². The molecule has 0 bridgehead atoms. The molecular formula is C17H26N2O. The summed E-state index contributed by atoms with van der Waals surface area (Å²) >= 11 is 0. The summed E-state index contributed by atoms with van der Waals surface area (Å²) in [4.78, 5) is 2.60. The van der Waals surface area contributed by atoms with Crippen molar-refractivity contribution in [3.63, 3.8) is 0 Å². The molecule has 2 fully saturated rings. The zero-order chi connectivity index (χ0) is 14.0. The maximum absolute atomic E-state index is 5.33. The first-order valence-electron chi connectivity index (χ1n) is 7.80. The Hall–Kier alpha value is -1.06. The zero-order valence-corrected chi connectivity index (χ0v) is 12.7. The van der Waals surface area contributed by atoms with Crippen molar-refractivity contribution in [1.82, 2.24) is 10.2 Å². The fourth-order valence-electron chi connectivity index (χ4n) is 3.43. The Morgan fingerprint density at radius 1 is 1.40 bits per heavy atom. The molecule has 110 valence electrons. The minimum absolute atomic E-state index is 0.315. The minimum Gasteiger partial charge on any atom is -0.497 e. The van der Waals surface area contributed by atoms with E-state index in [1.807, 2.05) is 6.07 Å². The van der Waals surface area contributed by atoms with E-state index in [0.29, 0.717) is 5.54 Å². The summed E-state index contributed by atoms with van der Waals surface area (Å²) in [7, 11) is 1.74. The van der Waals surface area contributed by atoms with Crippen LogP contribution in [0.1, 0.15) is 31.7 Å². The van der Waals surface area contributed by atoms with Crippen molar-refractivity contribution in [1.29, 1.82) is 0 Å². The third-order valence-corrected chi connectivity index (χ3v) is 4.75. The summed E-state index contributed by atoms with van der Waals surface area (Å²) in [5.41, 5.74) is 1.67. The van der Waals surface area contributed by atoms with Crippen molar-refractivity contribution in [3.8, 4) is 5.75 Å². The first kappa shape index (κ1) is 13.9. The molecule has 3 rings (SSSR count). The third-order valence-electron chi connectivity index (χ3n) is 4.75. The standard InChI is InChI=1S/C17H26N2O/c1-17(15-7-8-15)13-19(10-4-9-18-17)12-14-5-3-6-16(11-14)20-2/h3,5-6,11,15,18H,4,7-10,12-13H2,1-2H3. The highest BCUT2D eigenvalue weighted by molar-refractivity contribution is 5.28. The van der Waals surface area contributed by atoms with Gasteiger partial charge >= 0.3 is 0 Å². The molecule has 1 aromatic carbocycles. The fraction of sp³-hybridized carbons (Fsp3) is 0.647. The number of ether oxygens (including phenoxy) is 1. The number of nitrogens with zero attached hydrogens (tertiary/aromatic N) is 1. The normalized spacial score (nSPS) is 28.1. The second-order valence-electron chi connectivity index (χ2n) is 6.53. The number of methoxy groups -OCH3 is 1. The van der Waals surface area contributed by atoms with Crippen molar-refractivity contribution in [3.05, 3.63) is 29.8 Å². The summed E-state index contributed by atoms with van der Waals surface area (Å²) in [6, 6.07) is 8.47. The molecule has 2 aliphatic rings. The van der Waals surface area contributed by atoms with Crippen LogP contribution in [0, 0.1) is 5.92 Å². The molecule has 1 aliphatic heterocycles. The molecule has 0 radical (unpaired) electrons. The van der Waals surface area contributed by atoms with Crippen LogP contribution >= 0.6 is 0 Å². The quantitative estimate of drug-likeness (QED) is 0.913. The van der Waals surface area contributed by atoms with Crippen LogP contribution < -0.4 is 10.1 Å². The molecule has 0 spiro atoms. The smallest absolute Gasteiger partial charge is 0.119 e. The average Bonchev–Trinajstić information content (AvgIpc) is 3.28. The van der Waals surface area contributed by atoms with Gasteiger partial charge in [0.1, 0.15) is 5.75 Å². The topological polar surface area (TPSA) is 24.5 Å². The molecule has 1 aromatic rings. The lowest BCUT2D eigenvalue weighted by Gasteiger charge is -2.34. The average molecular weight is 274 g/mol. The first-order chi connectivity index (χ1) is 9.69. The van der Waals surface area contributed by atoms with Crippen LogP contribution in [0.5, 0.6) is 5.75 Å². The predicted octanol–water partition coefficient (Wildman–Crippen LogP) is 2.66. The lowest BCUT2D eigenvalue weighted by atomic mass is 9.95. The predicted molar refractivity (Wildman–Crippen MR) is 82.0 cm³/mol. The molecule has 20 heavy (non-hydrogen) atoms. The Bertz CT molecular complexity index is 458.